The van der Waals surface area contributed by atoms with Crippen LogP contribution in [0.2, 0.25) is 0 Å². The smallest absolute Gasteiger partial charge is 0.263 e. The number of piperidine rings is 2. The van der Waals surface area contributed by atoms with E-state index in [0.29, 0.717) is 93.3 Å². The van der Waals surface area contributed by atoms with Crippen molar-refractivity contribution in [3.63, 3.8) is 0 Å². The third-order valence-corrected chi connectivity index (χ3v) is 15.8. The number of anilines is 2. The summed E-state index contributed by atoms with van der Waals surface area (Å²) >= 11 is 2.59. The lowest BCUT2D eigenvalue weighted by molar-refractivity contribution is -0.139. The van der Waals surface area contributed by atoms with Gasteiger partial charge in [-0.15, -0.1) is 23.1 Å². The van der Waals surface area contributed by atoms with Gasteiger partial charge in [0, 0.05) is 97.3 Å². The molecule has 3 N–H and O–H groups in total. The van der Waals surface area contributed by atoms with Gasteiger partial charge in [0.25, 0.3) is 23.6 Å². The number of aromatic hydroxyl groups is 1. The quantitative estimate of drug-likeness (QED) is 0.0487. The second-order valence-corrected chi connectivity index (χ2v) is 20.8. The Morgan fingerprint density at radius 3 is 2.18 bits per heavy atom. The zero-order chi connectivity index (χ0) is 53.8. The van der Waals surface area contributed by atoms with Gasteiger partial charge in [0.1, 0.15) is 30.3 Å². The van der Waals surface area contributed by atoms with Gasteiger partial charge < -0.3 is 43.5 Å². The third kappa shape index (κ3) is 13.5. The first-order valence-corrected chi connectivity index (χ1v) is 27.6. The third-order valence-electron chi connectivity index (χ3n) is 14.1. The van der Waals surface area contributed by atoms with E-state index in [4.69, 9.17) is 23.7 Å². The van der Waals surface area contributed by atoms with Gasteiger partial charge in [-0.1, -0.05) is 12.1 Å². The van der Waals surface area contributed by atoms with Gasteiger partial charge in [-0.05, 0) is 67.3 Å². The van der Waals surface area contributed by atoms with Gasteiger partial charge in [-0.3, -0.25) is 54.0 Å². The molecule has 21 nitrogen and oxygen atoms in total. The molecule has 0 radical (unpaired) electrons. The topological polar surface area (TPSA) is 239 Å². The number of aromatic nitrogens is 1. The number of ether oxygens (including phenoxy) is 5. The number of hydrogen-bond donors (Lipinski definition) is 3. The number of rotatable bonds is 25. The lowest BCUT2D eigenvalue weighted by Gasteiger charge is -2.43. The molecule has 4 aromatic rings. The number of carbonyl (C=O) groups excluding carboxylic acids is 7. The lowest BCUT2D eigenvalue weighted by Crippen LogP contribution is -2.54. The first kappa shape index (κ1) is 55.4. The molecular formula is C53H61FN8O13S2. The number of phenols is 1. The number of imide groups is 2. The van der Waals surface area contributed by atoms with Crippen molar-refractivity contribution in [3.05, 3.63) is 99.8 Å². The highest BCUT2D eigenvalue weighted by Crippen LogP contribution is 2.39. The summed E-state index contributed by atoms with van der Waals surface area (Å²) in [5, 5.41) is 17.6. The van der Waals surface area contributed by atoms with Crippen molar-refractivity contribution in [2.24, 2.45) is 0 Å². The van der Waals surface area contributed by atoms with Crippen molar-refractivity contribution in [1.82, 2.24) is 29.9 Å². The molecule has 3 saturated heterocycles. The van der Waals surface area contributed by atoms with E-state index in [1.807, 2.05) is 23.1 Å². The number of phenolic OH excluding ortho intramolecular Hbond substituents is 1. The van der Waals surface area contributed by atoms with Crippen LogP contribution in [0.4, 0.5) is 15.2 Å². The number of thioether (sulfide) groups is 1. The molecule has 6 heterocycles. The SMILES string of the molecule is O=C1CCC(N2C(=O)c3cccc(SCCOCCOCCOCCOCCOCC(=O)N4CCN(C5CCN(c6ccc7c(c6)C(=O)N(C(C(=O)Nc6nccs6)c6cc(F)ccc6O)C7)CC5)CC4)c3C2=O)C(=O)N1. The Morgan fingerprint density at radius 2 is 1.49 bits per heavy atom. The fourth-order valence-electron chi connectivity index (χ4n) is 10.1. The second-order valence-electron chi connectivity index (χ2n) is 18.8. The standard InChI is InChI=1S/C53H61FN8O13S2/c54-35-5-8-42(63)40(30-35)47(49(67)57-53-55-12-28-77-53)61-32-34-4-6-37(31-39(34)50(61)68)58-13-10-36(11-14-58)59-15-17-60(18-16-59)45(65)33-75-26-25-73-22-21-71-19-20-72-23-24-74-27-29-76-43-3-1-2-38-46(43)52(70)62(51(38)69)41-7-9-44(64)56-48(41)66/h1-6,8,12,28,30-31,36,41,47,63H,7,9-11,13-27,29,32-33H2,(H,55,57,67)(H,56,64,66). The molecule has 77 heavy (non-hydrogen) atoms. The second kappa shape index (κ2) is 26.3. The molecule has 2 atom stereocenters. The number of piperazine rings is 1. The van der Waals surface area contributed by atoms with Crippen LogP contribution in [0, 0.1) is 5.82 Å². The summed E-state index contributed by atoms with van der Waals surface area (Å²) in [6.07, 6.45) is 3.52. The summed E-state index contributed by atoms with van der Waals surface area (Å²) in [7, 11) is 0. The van der Waals surface area contributed by atoms with Crippen LogP contribution >= 0.6 is 23.1 Å². The predicted molar refractivity (Wildman–Crippen MR) is 279 cm³/mol. The van der Waals surface area contributed by atoms with Crippen molar-refractivity contribution in [2.75, 3.05) is 121 Å². The van der Waals surface area contributed by atoms with Gasteiger partial charge in [-0.2, -0.15) is 0 Å². The zero-order valence-corrected chi connectivity index (χ0v) is 44.0. The highest BCUT2D eigenvalue weighted by atomic mass is 32.2. The number of thiazole rings is 1. The van der Waals surface area contributed by atoms with Crippen LogP contribution < -0.4 is 15.5 Å². The number of hydrogen-bond acceptors (Lipinski definition) is 18. The number of halogens is 1. The predicted octanol–water partition coefficient (Wildman–Crippen LogP) is 3.71. The van der Waals surface area contributed by atoms with Gasteiger partial charge in [0.2, 0.25) is 17.7 Å². The molecule has 0 bridgehead atoms. The Kier molecular flexibility index (Phi) is 18.9. The summed E-state index contributed by atoms with van der Waals surface area (Å²) in [4.78, 5) is 104. The molecule has 9 rings (SSSR count). The largest absolute Gasteiger partial charge is 0.508 e. The van der Waals surface area contributed by atoms with Crippen molar-refractivity contribution in [3.8, 4) is 5.75 Å². The average molecular weight is 1100 g/mol. The fourth-order valence-corrected chi connectivity index (χ4v) is 11.6. The number of carbonyl (C=O) groups is 7. The van der Waals surface area contributed by atoms with Gasteiger partial charge in [-0.25, -0.2) is 9.37 Å². The molecule has 2 unspecified atom stereocenters. The van der Waals surface area contributed by atoms with Crippen LogP contribution in [0.5, 0.6) is 5.75 Å². The van der Waals surface area contributed by atoms with Crippen molar-refractivity contribution < 1.29 is 66.7 Å². The summed E-state index contributed by atoms with van der Waals surface area (Å²) in [6.45, 7) is 7.66. The number of benzene rings is 3. The Hall–Kier alpha value is -6.38. The number of amides is 7. The normalized spacial score (nSPS) is 18.5. The first-order chi connectivity index (χ1) is 37.4. The minimum atomic E-state index is -1.30. The maximum absolute atomic E-state index is 14.5. The van der Waals surface area contributed by atoms with Crippen LogP contribution in [-0.2, 0) is 49.4 Å². The average Bonchev–Trinajstić information content (AvgIpc) is 4.24. The number of fused-ring (bicyclic) bond motifs is 2. The van der Waals surface area contributed by atoms with Crippen LogP contribution in [0.25, 0.3) is 0 Å². The summed E-state index contributed by atoms with van der Waals surface area (Å²) < 4.78 is 42.5. The molecule has 0 spiro atoms. The molecule has 1 aromatic heterocycles. The molecule has 5 aliphatic heterocycles. The van der Waals surface area contributed by atoms with E-state index < -0.39 is 47.4 Å². The number of nitrogens with one attached hydrogen (secondary N) is 2. The van der Waals surface area contributed by atoms with Crippen molar-refractivity contribution in [1.29, 1.82) is 0 Å². The molecule has 7 amide bonds. The first-order valence-electron chi connectivity index (χ1n) is 25.7. The Balaban J connectivity index is 0.585. The Morgan fingerprint density at radius 1 is 0.792 bits per heavy atom. The molecule has 3 aromatic carbocycles. The van der Waals surface area contributed by atoms with Crippen molar-refractivity contribution >= 4 is 75.3 Å². The van der Waals surface area contributed by atoms with E-state index in [1.165, 1.54) is 40.3 Å². The van der Waals surface area contributed by atoms with Gasteiger partial charge >= 0.3 is 0 Å². The Labute approximate surface area is 452 Å². The van der Waals surface area contributed by atoms with Gasteiger partial charge in [0.05, 0.1) is 70.6 Å². The van der Waals surface area contributed by atoms with Crippen LogP contribution in [0.3, 0.4) is 0 Å². The monoisotopic (exact) mass is 1100 g/mol. The molecule has 410 valence electrons. The molecular weight excluding hydrogens is 1040 g/mol. The molecule has 0 aliphatic carbocycles. The van der Waals surface area contributed by atoms with Crippen LogP contribution in [0.1, 0.15) is 73.9 Å². The number of nitrogens with zero attached hydrogens (tertiary/aromatic N) is 6. The van der Waals surface area contributed by atoms with Gasteiger partial charge in [0.15, 0.2) is 5.13 Å². The zero-order valence-electron chi connectivity index (χ0n) is 42.4. The summed E-state index contributed by atoms with van der Waals surface area (Å²) in [5.74, 6) is -3.61. The summed E-state index contributed by atoms with van der Waals surface area (Å²) in [6, 6.07) is 12.2. The molecule has 5 aliphatic rings. The highest BCUT2D eigenvalue weighted by Gasteiger charge is 2.46. The minimum absolute atomic E-state index is 0.0159. The fraction of sp³-hybridized carbons (Fsp3) is 0.472. The highest BCUT2D eigenvalue weighted by molar-refractivity contribution is 7.99. The van der Waals surface area contributed by atoms with E-state index in [0.717, 1.165) is 67.3 Å². The maximum Gasteiger partial charge on any atom is 0.263 e. The summed E-state index contributed by atoms with van der Waals surface area (Å²) in [5.41, 5.74) is 2.58. The lowest BCUT2D eigenvalue weighted by atomic mass is 10.0. The van der Waals surface area contributed by atoms with E-state index in [2.05, 4.69) is 25.4 Å². The van der Waals surface area contributed by atoms with E-state index in [1.54, 1.807) is 23.6 Å². The molecule has 24 heteroatoms. The van der Waals surface area contributed by atoms with Crippen LogP contribution in [0.15, 0.2) is 71.1 Å². The Bertz CT molecular complexity index is 2790. The van der Waals surface area contributed by atoms with E-state index in [-0.39, 0.29) is 66.9 Å². The van der Waals surface area contributed by atoms with Crippen molar-refractivity contribution in [2.45, 2.75) is 55.2 Å². The maximum atomic E-state index is 14.5. The van der Waals surface area contributed by atoms with E-state index >= 15 is 0 Å². The molecule has 0 saturated carbocycles. The molecule has 3 fully saturated rings. The van der Waals surface area contributed by atoms with E-state index in [9.17, 15) is 43.1 Å². The minimum Gasteiger partial charge on any atom is -0.508 e. The van der Waals surface area contributed by atoms with Crippen LogP contribution in [-0.4, -0.2) is 194 Å².